The fourth-order valence-electron chi connectivity index (χ4n) is 2.22. The maximum atomic E-state index is 8.92. The minimum atomic E-state index is -0.173. The lowest BCUT2D eigenvalue weighted by Gasteiger charge is -2.09. The first-order valence-electron chi connectivity index (χ1n) is 6.51. The highest BCUT2D eigenvalue weighted by molar-refractivity contribution is 5.94. The number of aryl methyl sites for hydroxylation is 1. The van der Waals surface area contributed by atoms with E-state index in [1.807, 2.05) is 25.1 Å². The zero-order valence-electron chi connectivity index (χ0n) is 11.5. The van der Waals surface area contributed by atoms with E-state index in [1.54, 1.807) is 18.6 Å². The molecule has 6 nitrogen and oxygen atoms in total. The number of anilines is 2. The van der Waals surface area contributed by atoms with Gasteiger partial charge in [0.1, 0.15) is 18.4 Å². The number of fused-ring (bicyclic) bond motifs is 1. The van der Waals surface area contributed by atoms with E-state index in [0.717, 1.165) is 27.6 Å². The number of nitrogens with zero attached hydrogens (tertiary/aromatic N) is 3. The maximum absolute atomic E-state index is 8.92. The number of aliphatic hydroxyl groups excluding tert-OH is 1. The second kappa shape index (κ2) is 5.34. The number of rotatable bonds is 3. The molecule has 0 saturated carbocycles. The third-order valence-electron chi connectivity index (χ3n) is 3.32. The van der Waals surface area contributed by atoms with Crippen LogP contribution in [0.15, 0.2) is 36.8 Å². The van der Waals surface area contributed by atoms with Crippen LogP contribution in [-0.4, -0.2) is 26.8 Å². The molecule has 21 heavy (non-hydrogen) atoms. The lowest BCUT2D eigenvalue weighted by molar-refractivity contribution is 0.325. The van der Waals surface area contributed by atoms with Gasteiger partial charge in [-0.3, -0.25) is 4.98 Å². The Kier molecular flexibility index (Phi) is 3.37. The van der Waals surface area contributed by atoms with Gasteiger partial charge in [-0.05, 0) is 36.1 Å². The van der Waals surface area contributed by atoms with Gasteiger partial charge in [0, 0.05) is 29.5 Å². The quantitative estimate of drug-likeness (QED) is 0.635. The average Bonchev–Trinajstić information content (AvgIpc) is 2.47. The summed E-state index contributed by atoms with van der Waals surface area (Å²) < 4.78 is 0. The van der Waals surface area contributed by atoms with Gasteiger partial charge in [-0.1, -0.05) is 0 Å². The fraction of sp³-hybridized carbons (Fsp3) is 0.133. The topological polar surface area (TPSA) is 97.0 Å². The van der Waals surface area contributed by atoms with Crippen molar-refractivity contribution in [1.82, 2.24) is 15.0 Å². The molecular formula is C15H15N5O. The molecule has 0 atom stereocenters. The number of nitrogens with two attached hydrogens (primary N) is 1. The molecule has 0 bridgehead atoms. The van der Waals surface area contributed by atoms with E-state index in [-0.39, 0.29) is 6.73 Å². The molecule has 3 heterocycles. The van der Waals surface area contributed by atoms with Crippen molar-refractivity contribution in [3.8, 4) is 11.3 Å². The van der Waals surface area contributed by atoms with Crippen LogP contribution >= 0.6 is 0 Å². The number of nitrogens with one attached hydrogen (secondary N) is 1. The molecule has 3 rings (SSSR count). The van der Waals surface area contributed by atoms with Gasteiger partial charge >= 0.3 is 0 Å². The Morgan fingerprint density at radius 2 is 2.14 bits per heavy atom. The predicted molar refractivity (Wildman–Crippen MR) is 82.6 cm³/mol. The van der Waals surface area contributed by atoms with Gasteiger partial charge in [-0.25, -0.2) is 9.97 Å². The molecule has 4 N–H and O–H groups in total. The Hall–Kier alpha value is -2.73. The lowest BCUT2D eigenvalue weighted by Crippen LogP contribution is -2.02. The summed E-state index contributed by atoms with van der Waals surface area (Å²) in [7, 11) is 0. The highest BCUT2D eigenvalue weighted by Crippen LogP contribution is 2.28. The Bertz CT molecular complexity index is 803. The molecule has 0 amide bonds. The smallest absolute Gasteiger partial charge is 0.133 e. The summed E-state index contributed by atoms with van der Waals surface area (Å²) in [6.07, 6.45) is 5.17. The molecule has 0 aliphatic heterocycles. The van der Waals surface area contributed by atoms with Gasteiger partial charge in [0.2, 0.25) is 0 Å². The molecule has 0 aliphatic carbocycles. The summed E-state index contributed by atoms with van der Waals surface area (Å²) in [5.74, 6) is 1.01. The summed E-state index contributed by atoms with van der Waals surface area (Å²) in [4.78, 5) is 12.8. The highest BCUT2D eigenvalue weighted by atomic mass is 16.3. The second-order valence-corrected chi connectivity index (χ2v) is 4.71. The van der Waals surface area contributed by atoms with Crippen molar-refractivity contribution < 1.29 is 5.11 Å². The largest absolute Gasteiger partial charge is 0.383 e. The van der Waals surface area contributed by atoms with Crippen LogP contribution in [0.2, 0.25) is 0 Å². The van der Waals surface area contributed by atoms with Gasteiger partial charge in [-0.15, -0.1) is 0 Å². The SMILES string of the molecule is Cc1ccncc1-c1cc2cc(NCO)ncc2c(N)n1. The van der Waals surface area contributed by atoms with Crippen LogP contribution in [0.4, 0.5) is 11.6 Å². The van der Waals surface area contributed by atoms with Crippen LogP contribution in [0.3, 0.4) is 0 Å². The minimum Gasteiger partial charge on any atom is -0.383 e. The Morgan fingerprint density at radius 3 is 2.90 bits per heavy atom. The summed E-state index contributed by atoms with van der Waals surface area (Å²) in [5, 5.41) is 13.4. The molecule has 0 aliphatic rings. The van der Waals surface area contributed by atoms with Crippen molar-refractivity contribution in [1.29, 1.82) is 0 Å². The summed E-state index contributed by atoms with van der Waals surface area (Å²) in [6, 6.07) is 5.71. The second-order valence-electron chi connectivity index (χ2n) is 4.71. The highest BCUT2D eigenvalue weighted by Gasteiger charge is 2.09. The van der Waals surface area contributed by atoms with Gasteiger partial charge < -0.3 is 16.2 Å². The van der Waals surface area contributed by atoms with E-state index in [1.165, 1.54) is 0 Å². The van der Waals surface area contributed by atoms with Crippen molar-refractivity contribution in [2.24, 2.45) is 0 Å². The van der Waals surface area contributed by atoms with Crippen molar-refractivity contribution >= 4 is 22.4 Å². The zero-order chi connectivity index (χ0) is 14.8. The number of aliphatic hydroxyl groups is 1. The third kappa shape index (κ3) is 2.48. The van der Waals surface area contributed by atoms with E-state index in [4.69, 9.17) is 10.8 Å². The Balaban J connectivity index is 2.19. The molecule has 0 radical (unpaired) electrons. The first-order valence-corrected chi connectivity index (χ1v) is 6.51. The fourth-order valence-corrected chi connectivity index (χ4v) is 2.22. The Morgan fingerprint density at radius 1 is 1.29 bits per heavy atom. The van der Waals surface area contributed by atoms with Crippen LogP contribution < -0.4 is 11.1 Å². The van der Waals surface area contributed by atoms with E-state index in [9.17, 15) is 0 Å². The molecular weight excluding hydrogens is 266 g/mol. The molecule has 3 aromatic heterocycles. The third-order valence-corrected chi connectivity index (χ3v) is 3.32. The van der Waals surface area contributed by atoms with Crippen LogP contribution in [0, 0.1) is 6.92 Å². The summed E-state index contributed by atoms with van der Waals surface area (Å²) in [5.41, 5.74) is 8.82. The summed E-state index contributed by atoms with van der Waals surface area (Å²) in [6.45, 7) is 1.83. The lowest BCUT2D eigenvalue weighted by atomic mass is 10.1. The number of aromatic nitrogens is 3. The van der Waals surface area contributed by atoms with E-state index < -0.39 is 0 Å². The van der Waals surface area contributed by atoms with E-state index in [2.05, 4.69) is 20.3 Å². The van der Waals surface area contributed by atoms with Crippen LogP contribution in [-0.2, 0) is 0 Å². The first-order chi connectivity index (χ1) is 10.2. The van der Waals surface area contributed by atoms with Crippen LogP contribution in [0.25, 0.3) is 22.0 Å². The maximum Gasteiger partial charge on any atom is 0.133 e. The summed E-state index contributed by atoms with van der Waals surface area (Å²) >= 11 is 0. The molecule has 0 unspecified atom stereocenters. The van der Waals surface area contributed by atoms with Crippen molar-refractivity contribution in [2.75, 3.05) is 17.8 Å². The Labute approximate surface area is 121 Å². The standard InChI is InChI=1S/C15H15N5O/c1-9-2-3-17-6-11(9)13-4-10-5-14(19-8-21)18-7-12(10)15(16)20-13/h2-7,21H,8H2,1H3,(H2,16,20)(H,18,19). The number of nitrogen functional groups attached to an aromatic ring is 1. The van der Waals surface area contributed by atoms with Gasteiger partial charge in [0.15, 0.2) is 0 Å². The zero-order valence-corrected chi connectivity index (χ0v) is 11.5. The minimum absolute atomic E-state index is 0.173. The molecule has 0 aromatic carbocycles. The van der Waals surface area contributed by atoms with Crippen molar-refractivity contribution in [3.05, 3.63) is 42.4 Å². The van der Waals surface area contributed by atoms with E-state index in [0.29, 0.717) is 11.6 Å². The monoisotopic (exact) mass is 281 g/mol. The molecule has 106 valence electrons. The van der Waals surface area contributed by atoms with Gasteiger partial charge in [-0.2, -0.15) is 0 Å². The molecule has 3 aromatic rings. The number of hydrogen-bond donors (Lipinski definition) is 3. The van der Waals surface area contributed by atoms with Crippen molar-refractivity contribution in [2.45, 2.75) is 6.92 Å². The van der Waals surface area contributed by atoms with Crippen LogP contribution in [0.1, 0.15) is 5.56 Å². The first kappa shape index (κ1) is 13.3. The van der Waals surface area contributed by atoms with Crippen LogP contribution in [0.5, 0.6) is 0 Å². The van der Waals surface area contributed by atoms with Gasteiger partial charge in [0.25, 0.3) is 0 Å². The molecule has 0 saturated heterocycles. The number of hydrogen-bond acceptors (Lipinski definition) is 6. The van der Waals surface area contributed by atoms with Gasteiger partial charge in [0.05, 0.1) is 5.69 Å². The number of pyridine rings is 3. The molecule has 6 heteroatoms. The molecule has 0 fully saturated rings. The predicted octanol–water partition coefficient (Wildman–Crippen LogP) is 1.94. The average molecular weight is 281 g/mol. The normalized spacial score (nSPS) is 10.8. The van der Waals surface area contributed by atoms with Crippen molar-refractivity contribution in [3.63, 3.8) is 0 Å². The van der Waals surface area contributed by atoms with E-state index >= 15 is 0 Å². The molecule has 0 spiro atoms.